The monoisotopic (exact) mass is 470 g/mol. The minimum Gasteiger partial charge on any atom is -0.445 e. The number of benzene rings is 3. The van der Waals surface area contributed by atoms with Gasteiger partial charge in [0.25, 0.3) is 11.8 Å². The number of H-pyrrole nitrogens is 1. The number of fused-ring (bicyclic) bond motifs is 1. The fourth-order valence-corrected chi connectivity index (χ4v) is 3.62. The first-order valence-electron chi connectivity index (χ1n) is 11.2. The lowest BCUT2D eigenvalue weighted by molar-refractivity contribution is -0.123. The number of hydrogen-bond donors (Lipinski definition) is 4. The van der Waals surface area contributed by atoms with Crippen molar-refractivity contribution in [2.45, 2.75) is 26.0 Å². The smallest absolute Gasteiger partial charge is 0.408 e. The van der Waals surface area contributed by atoms with Crippen LogP contribution < -0.4 is 16.2 Å². The van der Waals surface area contributed by atoms with Gasteiger partial charge in [0, 0.05) is 29.1 Å². The molecule has 3 amide bonds. The first-order valence-corrected chi connectivity index (χ1v) is 11.2. The third kappa shape index (κ3) is 6.26. The molecule has 1 aromatic heterocycles. The van der Waals surface area contributed by atoms with Crippen molar-refractivity contribution in [3.05, 3.63) is 107 Å². The SMILES string of the molecule is Cc1ccc(C(=O)NNC(=O)[C@H](Cc2c[nH]c3ccccc23)NC(=O)OCc2ccccc2)cc1. The largest absolute Gasteiger partial charge is 0.445 e. The molecule has 0 spiro atoms. The lowest BCUT2D eigenvalue weighted by Gasteiger charge is -2.18. The molecule has 0 aliphatic rings. The summed E-state index contributed by atoms with van der Waals surface area (Å²) in [5, 5.41) is 3.56. The summed E-state index contributed by atoms with van der Waals surface area (Å²) < 4.78 is 5.30. The predicted molar refractivity (Wildman–Crippen MR) is 132 cm³/mol. The molecule has 1 heterocycles. The van der Waals surface area contributed by atoms with Crippen LogP contribution in [-0.2, 0) is 22.6 Å². The van der Waals surface area contributed by atoms with Gasteiger partial charge < -0.3 is 15.0 Å². The van der Waals surface area contributed by atoms with Crippen LogP contribution in [0.15, 0.2) is 85.1 Å². The molecule has 1 atom stereocenters. The third-order valence-corrected chi connectivity index (χ3v) is 5.53. The van der Waals surface area contributed by atoms with Gasteiger partial charge >= 0.3 is 6.09 Å². The Kier molecular flexibility index (Phi) is 7.42. The summed E-state index contributed by atoms with van der Waals surface area (Å²) >= 11 is 0. The van der Waals surface area contributed by atoms with Crippen LogP contribution in [0.3, 0.4) is 0 Å². The van der Waals surface area contributed by atoms with Gasteiger partial charge in [-0.2, -0.15) is 0 Å². The summed E-state index contributed by atoms with van der Waals surface area (Å²) in [5.74, 6) is -1.04. The van der Waals surface area contributed by atoms with Crippen LogP contribution in [-0.4, -0.2) is 28.9 Å². The van der Waals surface area contributed by atoms with Crippen LogP contribution in [0, 0.1) is 6.92 Å². The molecule has 4 rings (SSSR count). The third-order valence-electron chi connectivity index (χ3n) is 5.53. The number of para-hydroxylation sites is 1. The number of nitrogens with one attached hydrogen (secondary N) is 4. The molecule has 8 nitrogen and oxygen atoms in total. The van der Waals surface area contributed by atoms with Crippen molar-refractivity contribution >= 4 is 28.8 Å². The van der Waals surface area contributed by atoms with Gasteiger partial charge in [-0.1, -0.05) is 66.2 Å². The van der Waals surface area contributed by atoms with Crippen molar-refractivity contribution in [2.24, 2.45) is 0 Å². The van der Waals surface area contributed by atoms with Crippen LogP contribution in [0.4, 0.5) is 4.79 Å². The van der Waals surface area contributed by atoms with E-state index in [1.54, 1.807) is 30.5 Å². The van der Waals surface area contributed by atoms with Crippen molar-refractivity contribution in [3.8, 4) is 0 Å². The summed E-state index contributed by atoms with van der Waals surface area (Å²) in [5.41, 5.74) is 8.83. The number of aryl methyl sites for hydroxylation is 1. The predicted octanol–water partition coefficient (Wildman–Crippen LogP) is 3.78. The van der Waals surface area contributed by atoms with E-state index in [-0.39, 0.29) is 13.0 Å². The quantitative estimate of drug-likeness (QED) is 0.308. The molecule has 35 heavy (non-hydrogen) atoms. The fraction of sp³-hybridized carbons (Fsp3) is 0.148. The maximum absolute atomic E-state index is 13.0. The Balaban J connectivity index is 1.44. The first kappa shape index (κ1) is 23.6. The van der Waals surface area contributed by atoms with Crippen molar-refractivity contribution in [3.63, 3.8) is 0 Å². The molecule has 0 aliphatic carbocycles. The Morgan fingerprint density at radius 3 is 2.37 bits per heavy atom. The Labute approximate surface area is 202 Å². The molecule has 0 aliphatic heterocycles. The Hall–Kier alpha value is -4.59. The van der Waals surface area contributed by atoms with Gasteiger partial charge in [-0.3, -0.25) is 20.4 Å². The number of carbonyl (C=O) groups is 3. The Morgan fingerprint density at radius 1 is 0.886 bits per heavy atom. The van der Waals surface area contributed by atoms with E-state index in [0.29, 0.717) is 5.56 Å². The fourth-order valence-electron chi connectivity index (χ4n) is 3.62. The number of aromatic nitrogens is 1. The number of ether oxygens (including phenoxy) is 1. The van der Waals surface area contributed by atoms with E-state index in [2.05, 4.69) is 21.2 Å². The molecular formula is C27H26N4O4. The van der Waals surface area contributed by atoms with E-state index in [4.69, 9.17) is 4.74 Å². The van der Waals surface area contributed by atoms with Crippen LogP contribution in [0.25, 0.3) is 10.9 Å². The highest BCUT2D eigenvalue weighted by atomic mass is 16.5. The average molecular weight is 471 g/mol. The maximum atomic E-state index is 13.0. The van der Waals surface area contributed by atoms with Gasteiger partial charge in [0.05, 0.1) is 0 Å². The molecular weight excluding hydrogens is 444 g/mol. The zero-order valence-corrected chi connectivity index (χ0v) is 19.2. The highest BCUT2D eigenvalue weighted by Crippen LogP contribution is 2.19. The first-order chi connectivity index (χ1) is 17.0. The highest BCUT2D eigenvalue weighted by molar-refractivity contribution is 5.96. The Bertz CT molecular complexity index is 1320. The molecule has 0 unspecified atom stereocenters. The standard InChI is InChI=1S/C27H26N4O4/c1-18-11-13-20(14-12-18)25(32)30-31-26(33)24(15-21-16-28-23-10-6-5-9-22(21)23)29-27(34)35-17-19-7-3-2-4-8-19/h2-14,16,24,28H,15,17H2,1H3,(H,29,34)(H,30,32)(H,31,33)/t24-/m0/s1. The average Bonchev–Trinajstić information content (AvgIpc) is 3.29. The molecule has 0 saturated carbocycles. The van der Waals surface area contributed by atoms with Gasteiger partial charge in [0.1, 0.15) is 12.6 Å². The van der Waals surface area contributed by atoms with Gasteiger partial charge in [-0.05, 0) is 36.2 Å². The van der Waals surface area contributed by atoms with Crippen molar-refractivity contribution < 1.29 is 19.1 Å². The summed E-state index contributed by atoms with van der Waals surface area (Å²) in [7, 11) is 0. The van der Waals surface area contributed by atoms with Crippen molar-refractivity contribution in [1.29, 1.82) is 0 Å². The molecule has 178 valence electrons. The number of amides is 3. The topological polar surface area (TPSA) is 112 Å². The summed E-state index contributed by atoms with van der Waals surface area (Å²) in [6.45, 7) is 1.99. The second kappa shape index (κ2) is 11.0. The van der Waals surface area contributed by atoms with Crippen molar-refractivity contribution in [2.75, 3.05) is 0 Å². The highest BCUT2D eigenvalue weighted by Gasteiger charge is 2.24. The Morgan fingerprint density at radius 2 is 1.60 bits per heavy atom. The van der Waals surface area contributed by atoms with E-state index in [1.165, 1.54) is 0 Å². The minimum absolute atomic E-state index is 0.0677. The number of alkyl carbamates (subject to hydrolysis) is 1. The molecule has 0 radical (unpaired) electrons. The van der Waals surface area contributed by atoms with Gasteiger partial charge in [-0.25, -0.2) is 4.79 Å². The lowest BCUT2D eigenvalue weighted by Crippen LogP contribution is -2.53. The lowest BCUT2D eigenvalue weighted by atomic mass is 10.0. The van der Waals surface area contributed by atoms with Crippen molar-refractivity contribution in [1.82, 2.24) is 21.2 Å². The van der Waals surface area contributed by atoms with Gasteiger partial charge in [-0.15, -0.1) is 0 Å². The van der Waals surface area contributed by atoms with E-state index < -0.39 is 23.9 Å². The number of rotatable bonds is 7. The molecule has 0 fully saturated rings. The van der Waals surface area contributed by atoms with Crippen LogP contribution in [0.2, 0.25) is 0 Å². The van der Waals surface area contributed by atoms with E-state index in [0.717, 1.165) is 27.6 Å². The number of hydrazine groups is 1. The van der Waals surface area contributed by atoms with Gasteiger partial charge in [0.15, 0.2) is 0 Å². The summed E-state index contributed by atoms with van der Waals surface area (Å²) in [6.07, 6.45) is 1.25. The number of carbonyl (C=O) groups excluding carboxylic acids is 3. The molecule has 4 aromatic rings. The van der Waals surface area contributed by atoms with E-state index in [1.807, 2.05) is 61.5 Å². The molecule has 3 aromatic carbocycles. The van der Waals surface area contributed by atoms with Gasteiger partial charge in [0.2, 0.25) is 0 Å². The van der Waals surface area contributed by atoms with E-state index >= 15 is 0 Å². The molecule has 0 bridgehead atoms. The second-order valence-corrected chi connectivity index (χ2v) is 8.13. The van der Waals surface area contributed by atoms with E-state index in [9.17, 15) is 14.4 Å². The number of aromatic amines is 1. The molecule has 0 saturated heterocycles. The molecule has 8 heteroatoms. The maximum Gasteiger partial charge on any atom is 0.408 e. The second-order valence-electron chi connectivity index (χ2n) is 8.13. The summed E-state index contributed by atoms with van der Waals surface area (Å²) in [6, 6.07) is 22.9. The van der Waals surface area contributed by atoms with Crippen LogP contribution >= 0.6 is 0 Å². The van der Waals surface area contributed by atoms with Crippen LogP contribution in [0.1, 0.15) is 27.0 Å². The van der Waals surface area contributed by atoms with Crippen LogP contribution in [0.5, 0.6) is 0 Å². The molecule has 4 N–H and O–H groups in total. The summed E-state index contributed by atoms with van der Waals surface area (Å²) in [4.78, 5) is 41.1. The normalized spacial score (nSPS) is 11.5. The minimum atomic E-state index is -0.990. The zero-order chi connectivity index (χ0) is 24.6. The number of hydrogen-bond acceptors (Lipinski definition) is 4. The zero-order valence-electron chi connectivity index (χ0n) is 19.2.